The summed E-state index contributed by atoms with van der Waals surface area (Å²) >= 11 is 0. The fraction of sp³-hybridized carbons (Fsp3) is 0.0909. The number of carbonyl (C=O) groups excluding carboxylic acids is 1. The molecule has 1 aromatic heterocycles. The van der Waals surface area contributed by atoms with Gasteiger partial charge in [0.05, 0.1) is 0 Å². The number of nitrogens with zero attached hydrogens (tertiary/aromatic N) is 2. The summed E-state index contributed by atoms with van der Waals surface area (Å²) in [4.78, 5) is 14.6. The maximum Gasteiger partial charge on any atom is 0.222 e. The highest BCUT2D eigenvalue weighted by molar-refractivity contribution is 5.77. The van der Waals surface area contributed by atoms with Crippen molar-refractivity contribution < 1.29 is 9.90 Å². The molecular formula is C11H10N2O2. The highest BCUT2D eigenvalue weighted by Crippen LogP contribution is 2.24. The highest BCUT2D eigenvalue weighted by atomic mass is 16.3. The Bertz CT molecular complexity index is 489. The zero-order chi connectivity index (χ0) is 10.8. The van der Waals surface area contributed by atoms with E-state index in [0.29, 0.717) is 12.1 Å². The lowest BCUT2D eigenvalue weighted by Crippen LogP contribution is -1.91. The first-order valence-electron chi connectivity index (χ1n) is 4.50. The smallest absolute Gasteiger partial charge is 0.222 e. The molecule has 15 heavy (non-hydrogen) atoms. The van der Waals surface area contributed by atoms with Crippen molar-refractivity contribution in [2.75, 3.05) is 0 Å². The van der Waals surface area contributed by atoms with Crippen LogP contribution in [0.2, 0.25) is 0 Å². The lowest BCUT2D eigenvalue weighted by molar-refractivity contribution is 0.111. The SMILES string of the molecule is Cn1c(-c2ccccc2)nc(C=O)c1O. The van der Waals surface area contributed by atoms with Gasteiger partial charge in [-0.25, -0.2) is 4.98 Å². The van der Waals surface area contributed by atoms with Crippen LogP contribution < -0.4 is 0 Å². The standard InChI is InChI=1S/C11H10N2O2/c1-13-10(8-5-3-2-4-6-8)12-9(7-14)11(13)15/h2-7,15H,1H3. The summed E-state index contributed by atoms with van der Waals surface area (Å²) in [6.45, 7) is 0. The van der Waals surface area contributed by atoms with Gasteiger partial charge in [0.1, 0.15) is 5.82 Å². The Balaban J connectivity index is 2.59. The number of carbonyl (C=O) groups is 1. The molecule has 0 radical (unpaired) electrons. The lowest BCUT2D eigenvalue weighted by Gasteiger charge is -2.00. The quantitative estimate of drug-likeness (QED) is 0.752. The van der Waals surface area contributed by atoms with E-state index in [9.17, 15) is 9.90 Å². The van der Waals surface area contributed by atoms with Crippen LogP contribution in [0.5, 0.6) is 5.88 Å². The van der Waals surface area contributed by atoms with Crippen LogP contribution in [-0.4, -0.2) is 20.9 Å². The molecule has 0 aliphatic heterocycles. The van der Waals surface area contributed by atoms with Crippen molar-refractivity contribution >= 4 is 6.29 Å². The van der Waals surface area contributed by atoms with Crippen LogP contribution in [-0.2, 0) is 7.05 Å². The third kappa shape index (κ3) is 1.50. The van der Waals surface area contributed by atoms with Crippen LogP contribution in [0.15, 0.2) is 30.3 Å². The molecule has 1 N–H and O–H groups in total. The van der Waals surface area contributed by atoms with Crippen LogP contribution >= 0.6 is 0 Å². The number of imidazole rings is 1. The molecule has 1 aromatic carbocycles. The molecule has 0 spiro atoms. The Kier molecular flexibility index (Phi) is 2.25. The van der Waals surface area contributed by atoms with Crippen LogP contribution in [0.1, 0.15) is 10.5 Å². The minimum Gasteiger partial charge on any atom is -0.493 e. The first-order chi connectivity index (χ1) is 7.24. The van der Waals surface area contributed by atoms with Crippen molar-refractivity contribution in [2.45, 2.75) is 0 Å². The Labute approximate surface area is 86.8 Å². The summed E-state index contributed by atoms with van der Waals surface area (Å²) in [6, 6.07) is 9.39. The van der Waals surface area contributed by atoms with E-state index in [-0.39, 0.29) is 11.6 Å². The lowest BCUT2D eigenvalue weighted by atomic mass is 10.2. The second-order valence-electron chi connectivity index (χ2n) is 3.19. The van der Waals surface area contributed by atoms with Crippen molar-refractivity contribution in [1.82, 2.24) is 9.55 Å². The molecule has 0 fully saturated rings. The minimum absolute atomic E-state index is 0.0661. The number of benzene rings is 1. The van der Waals surface area contributed by atoms with Gasteiger partial charge in [-0.15, -0.1) is 0 Å². The summed E-state index contributed by atoms with van der Waals surface area (Å²) in [5.41, 5.74) is 0.930. The largest absolute Gasteiger partial charge is 0.493 e. The van der Waals surface area contributed by atoms with Crippen molar-refractivity contribution in [3.05, 3.63) is 36.0 Å². The van der Waals surface area contributed by atoms with E-state index in [1.54, 1.807) is 7.05 Å². The van der Waals surface area contributed by atoms with Crippen LogP contribution in [0.25, 0.3) is 11.4 Å². The van der Waals surface area contributed by atoms with Gasteiger partial charge in [0, 0.05) is 12.6 Å². The van der Waals surface area contributed by atoms with E-state index in [1.165, 1.54) is 4.57 Å². The molecule has 0 aliphatic rings. The van der Waals surface area contributed by atoms with Gasteiger partial charge in [0.2, 0.25) is 5.88 Å². The summed E-state index contributed by atoms with van der Waals surface area (Å²) in [7, 11) is 1.66. The molecule has 0 amide bonds. The summed E-state index contributed by atoms with van der Waals surface area (Å²) in [6.07, 6.45) is 0.543. The van der Waals surface area contributed by atoms with E-state index < -0.39 is 0 Å². The van der Waals surface area contributed by atoms with Gasteiger partial charge >= 0.3 is 0 Å². The second kappa shape index (κ2) is 3.57. The summed E-state index contributed by atoms with van der Waals surface area (Å²) in [5, 5.41) is 9.55. The summed E-state index contributed by atoms with van der Waals surface area (Å²) < 4.78 is 1.49. The zero-order valence-electron chi connectivity index (χ0n) is 8.21. The van der Waals surface area contributed by atoms with Gasteiger partial charge in [0.15, 0.2) is 12.0 Å². The first kappa shape index (κ1) is 9.45. The molecule has 1 heterocycles. The van der Waals surface area contributed by atoms with E-state index in [2.05, 4.69) is 4.98 Å². The fourth-order valence-corrected chi connectivity index (χ4v) is 1.44. The molecule has 2 rings (SSSR count). The van der Waals surface area contributed by atoms with Gasteiger partial charge in [-0.3, -0.25) is 9.36 Å². The molecule has 76 valence electrons. The number of hydrogen-bond donors (Lipinski definition) is 1. The third-order valence-corrected chi connectivity index (χ3v) is 2.23. The van der Waals surface area contributed by atoms with E-state index >= 15 is 0 Å². The molecule has 0 saturated heterocycles. The maximum atomic E-state index is 10.6. The number of hydrogen-bond acceptors (Lipinski definition) is 3. The minimum atomic E-state index is -0.108. The molecule has 4 heteroatoms. The number of aromatic hydroxyl groups is 1. The Morgan fingerprint density at radius 3 is 2.53 bits per heavy atom. The fourth-order valence-electron chi connectivity index (χ4n) is 1.44. The van der Waals surface area contributed by atoms with E-state index in [1.807, 2.05) is 30.3 Å². The van der Waals surface area contributed by atoms with Crippen molar-refractivity contribution in [3.8, 4) is 17.3 Å². The molecular weight excluding hydrogens is 192 g/mol. The van der Waals surface area contributed by atoms with Gasteiger partial charge < -0.3 is 5.11 Å². The van der Waals surface area contributed by atoms with E-state index in [0.717, 1.165) is 5.56 Å². The predicted molar refractivity (Wildman–Crippen MR) is 55.7 cm³/mol. The van der Waals surface area contributed by atoms with Crippen LogP contribution in [0.3, 0.4) is 0 Å². The molecule has 0 atom stereocenters. The Morgan fingerprint density at radius 2 is 2.00 bits per heavy atom. The van der Waals surface area contributed by atoms with Crippen molar-refractivity contribution in [1.29, 1.82) is 0 Å². The van der Waals surface area contributed by atoms with Gasteiger partial charge in [-0.2, -0.15) is 0 Å². The molecule has 0 saturated carbocycles. The number of rotatable bonds is 2. The normalized spacial score (nSPS) is 10.2. The van der Waals surface area contributed by atoms with Gasteiger partial charge in [-0.1, -0.05) is 30.3 Å². The van der Waals surface area contributed by atoms with Crippen LogP contribution in [0.4, 0.5) is 0 Å². The molecule has 2 aromatic rings. The van der Waals surface area contributed by atoms with Gasteiger partial charge in [0.25, 0.3) is 0 Å². The third-order valence-electron chi connectivity index (χ3n) is 2.23. The molecule has 0 aliphatic carbocycles. The average Bonchev–Trinajstić information content (AvgIpc) is 2.57. The predicted octanol–water partition coefficient (Wildman–Crippen LogP) is 1.61. The molecule has 4 nitrogen and oxygen atoms in total. The number of aromatic nitrogens is 2. The van der Waals surface area contributed by atoms with Gasteiger partial charge in [-0.05, 0) is 0 Å². The zero-order valence-corrected chi connectivity index (χ0v) is 8.21. The Morgan fingerprint density at radius 1 is 1.33 bits per heavy atom. The second-order valence-corrected chi connectivity index (χ2v) is 3.19. The maximum absolute atomic E-state index is 10.6. The summed E-state index contributed by atoms with van der Waals surface area (Å²) in [5.74, 6) is 0.471. The Hall–Kier alpha value is -2.10. The molecule has 0 unspecified atom stereocenters. The van der Waals surface area contributed by atoms with Crippen LogP contribution in [0, 0.1) is 0 Å². The first-order valence-corrected chi connectivity index (χ1v) is 4.50. The number of aldehydes is 1. The van der Waals surface area contributed by atoms with E-state index in [4.69, 9.17) is 0 Å². The van der Waals surface area contributed by atoms with Crippen molar-refractivity contribution in [3.63, 3.8) is 0 Å². The average molecular weight is 202 g/mol. The monoisotopic (exact) mass is 202 g/mol. The topological polar surface area (TPSA) is 55.1 Å². The highest BCUT2D eigenvalue weighted by Gasteiger charge is 2.13. The van der Waals surface area contributed by atoms with Crippen molar-refractivity contribution in [2.24, 2.45) is 7.05 Å². The molecule has 0 bridgehead atoms.